The van der Waals surface area contributed by atoms with Crippen LogP contribution in [-0.4, -0.2) is 56.2 Å². The predicted molar refractivity (Wildman–Crippen MR) is 73.2 cm³/mol. The molecule has 0 spiro atoms. The quantitative estimate of drug-likeness (QED) is 0.839. The molecular weight excluding hydrogens is 260 g/mol. The smallest absolute Gasteiger partial charge is 0.231 e. The van der Waals surface area contributed by atoms with E-state index in [1.165, 1.54) is 0 Å². The summed E-state index contributed by atoms with van der Waals surface area (Å²) in [5.41, 5.74) is 0.804. The average molecular weight is 280 g/mol. The van der Waals surface area contributed by atoms with Gasteiger partial charge in [0.05, 0.1) is 12.7 Å². The average Bonchev–Trinajstić information content (AvgIpc) is 2.86. The topological polar surface area (TPSA) is 63.2 Å². The molecule has 1 aromatic rings. The van der Waals surface area contributed by atoms with Gasteiger partial charge >= 0.3 is 0 Å². The number of phenols is 1. The van der Waals surface area contributed by atoms with E-state index in [1.807, 2.05) is 6.07 Å². The summed E-state index contributed by atoms with van der Waals surface area (Å²) in [5.74, 6) is 1.51. The number of hydrogen-bond donors (Lipinski definition) is 2. The zero-order chi connectivity index (χ0) is 13.9. The number of nitrogens with one attached hydrogen (secondary N) is 1. The van der Waals surface area contributed by atoms with Crippen LogP contribution < -0.4 is 14.8 Å². The van der Waals surface area contributed by atoms with Gasteiger partial charge in [0.25, 0.3) is 0 Å². The van der Waals surface area contributed by atoms with Crippen molar-refractivity contribution in [1.82, 2.24) is 10.2 Å². The molecule has 1 unspecified atom stereocenters. The fourth-order valence-electron chi connectivity index (χ4n) is 2.47. The molecule has 1 aromatic carbocycles. The molecule has 20 heavy (non-hydrogen) atoms. The number of benzene rings is 1. The van der Waals surface area contributed by atoms with Crippen molar-refractivity contribution < 1.29 is 19.3 Å². The maximum absolute atomic E-state index is 9.94. The third-order valence-electron chi connectivity index (χ3n) is 3.60. The predicted octanol–water partition coefficient (Wildman–Crippen LogP) is 0.541. The van der Waals surface area contributed by atoms with Crippen molar-refractivity contribution in [3.8, 4) is 17.2 Å². The van der Waals surface area contributed by atoms with Crippen LogP contribution >= 0.6 is 0 Å². The van der Waals surface area contributed by atoms with Gasteiger partial charge in [0.2, 0.25) is 6.79 Å². The summed E-state index contributed by atoms with van der Waals surface area (Å²) in [4.78, 5) is 2.26. The molecule has 2 aliphatic heterocycles. The number of aromatic hydroxyl groups is 1. The van der Waals surface area contributed by atoms with Gasteiger partial charge in [0.1, 0.15) is 5.75 Å². The summed E-state index contributed by atoms with van der Waals surface area (Å²) in [6.07, 6.45) is 0.199. The van der Waals surface area contributed by atoms with Crippen molar-refractivity contribution >= 4 is 0 Å². The lowest BCUT2D eigenvalue weighted by Crippen LogP contribution is -2.44. The molecule has 6 nitrogen and oxygen atoms in total. The zero-order valence-electron chi connectivity index (χ0n) is 11.6. The number of morpholine rings is 1. The van der Waals surface area contributed by atoms with Crippen LogP contribution in [0.5, 0.6) is 17.2 Å². The molecule has 0 radical (unpaired) electrons. The Balaban J connectivity index is 1.53. The van der Waals surface area contributed by atoms with E-state index in [1.54, 1.807) is 6.07 Å². The summed E-state index contributed by atoms with van der Waals surface area (Å²) in [5, 5.41) is 13.3. The van der Waals surface area contributed by atoms with E-state index in [-0.39, 0.29) is 18.6 Å². The van der Waals surface area contributed by atoms with Gasteiger partial charge in [-0.1, -0.05) is 0 Å². The Morgan fingerprint density at radius 2 is 2.15 bits per heavy atom. The molecule has 2 heterocycles. The first kappa shape index (κ1) is 13.5. The fraction of sp³-hybridized carbons (Fsp3) is 0.571. The lowest BCUT2D eigenvalue weighted by atomic mass is 10.1. The zero-order valence-corrected chi connectivity index (χ0v) is 11.6. The third kappa shape index (κ3) is 2.98. The minimum absolute atomic E-state index is 0.199. The lowest BCUT2D eigenvalue weighted by Gasteiger charge is -2.30. The molecular formula is C14H20N2O4. The van der Waals surface area contributed by atoms with Crippen molar-refractivity contribution in [2.75, 3.05) is 40.1 Å². The number of rotatable bonds is 4. The fourth-order valence-corrected chi connectivity index (χ4v) is 2.47. The summed E-state index contributed by atoms with van der Waals surface area (Å²) in [6.45, 7) is 4.25. The van der Waals surface area contributed by atoms with Crippen molar-refractivity contribution in [1.29, 1.82) is 0 Å². The maximum atomic E-state index is 9.94. The van der Waals surface area contributed by atoms with E-state index in [4.69, 9.17) is 14.2 Å². The van der Waals surface area contributed by atoms with Gasteiger partial charge in [-0.3, -0.25) is 0 Å². The van der Waals surface area contributed by atoms with Crippen LogP contribution in [0.15, 0.2) is 12.1 Å². The first-order valence-corrected chi connectivity index (χ1v) is 6.85. The number of fused-ring (bicyclic) bond motifs is 1. The number of nitrogens with zero attached hydrogens (tertiary/aromatic N) is 1. The molecule has 0 amide bonds. The Hall–Kier alpha value is -1.50. The van der Waals surface area contributed by atoms with Gasteiger partial charge in [0.15, 0.2) is 11.5 Å². The van der Waals surface area contributed by atoms with E-state index in [9.17, 15) is 5.11 Å². The van der Waals surface area contributed by atoms with Crippen LogP contribution in [0.1, 0.15) is 5.56 Å². The highest BCUT2D eigenvalue weighted by Gasteiger charge is 2.19. The van der Waals surface area contributed by atoms with Crippen molar-refractivity contribution in [2.24, 2.45) is 0 Å². The van der Waals surface area contributed by atoms with Crippen LogP contribution in [0, 0.1) is 0 Å². The second-order valence-corrected chi connectivity index (χ2v) is 5.22. The van der Waals surface area contributed by atoms with Crippen LogP contribution in [0.25, 0.3) is 0 Å². The molecule has 3 rings (SSSR count). The van der Waals surface area contributed by atoms with Crippen molar-refractivity contribution in [3.05, 3.63) is 17.7 Å². The Morgan fingerprint density at radius 1 is 1.35 bits per heavy atom. The highest BCUT2D eigenvalue weighted by Crippen LogP contribution is 2.37. The number of hydrogen-bond acceptors (Lipinski definition) is 6. The monoisotopic (exact) mass is 280 g/mol. The summed E-state index contributed by atoms with van der Waals surface area (Å²) in [7, 11) is 2.10. The molecule has 2 aliphatic rings. The molecule has 0 bridgehead atoms. The second kappa shape index (κ2) is 5.87. The molecule has 1 saturated heterocycles. The summed E-state index contributed by atoms with van der Waals surface area (Å²) < 4.78 is 16.2. The molecule has 0 aliphatic carbocycles. The number of phenolic OH excluding ortho intramolecular Hbond substituents is 1. The largest absolute Gasteiger partial charge is 0.507 e. The SMILES string of the molecule is CN1CCOC(CNCc2cc3c(cc2O)OCO3)C1. The van der Waals surface area contributed by atoms with E-state index >= 15 is 0 Å². The Labute approximate surface area is 118 Å². The summed E-state index contributed by atoms with van der Waals surface area (Å²) in [6, 6.07) is 3.42. The van der Waals surface area contributed by atoms with E-state index in [0.29, 0.717) is 18.0 Å². The lowest BCUT2D eigenvalue weighted by molar-refractivity contribution is -0.0182. The van der Waals surface area contributed by atoms with Crippen molar-refractivity contribution in [3.63, 3.8) is 0 Å². The molecule has 6 heteroatoms. The van der Waals surface area contributed by atoms with E-state index in [0.717, 1.165) is 31.8 Å². The van der Waals surface area contributed by atoms with Gasteiger partial charge in [-0.25, -0.2) is 0 Å². The summed E-state index contributed by atoms with van der Waals surface area (Å²) >= 11 is 0. The highest BCUT2D eigenvalue weighted by molar-refractivity contribution is 5.51. The molecule has 0 saturated carbocycles. The molecule has 2 N–H and O–H groups in total. The standard InChI is InChI=1S/C14H20N2O4/c1-16-2-3-18-11(8-16)7-15-6-10-4-13-14(5-12(10)17)20-9-19-13/h4-5,11,15,17H,2-3,6-9H2,1H3. The molecule has 1 fully saturated rings. The Bertz CT molecular complexity index is 480. The molecule has 0 aromatic heterocycles. The van der Waals surface area contributed by atoms with Crippen LogP contribution in [0.3, 0.4) is 0 Å². The van der Waals surface area contributed by atoms with Crippen LogP contribution in [0.4, 0.5) is 0 Å². The number of ether oxygens (including phenoxy) is 3. The van der Waals surface area contributed by atoms with Crippen LogP contribution in [-0.2, 0) is 11.3 Å². The molecule has 1 atom stereocenters. The van der Waals surface area contributed by atoms with E-state index in [2.05, 4.69) is 17.3 Å². The first-order valence-electron chi connectivity index (χ1n) is 6.85. The molecule has 110 valence electrons. The van der Waals surface area contributed by atoms with Gasteiger partial charge < -0.3 is 29.5 Å². The van der Waals surface area contributed by atoms with Gasteiger partial charge in [-0.15, -0.1) is 0 Å². The Kier molecular flexibility index (Phi) is 3.95. The van der Waals surface area contributed by atoms with Gasteiger partial charge in [0, 0.05) is 37.8 Å². The second-order valence-electron chi connectivity index (χ2n) is 5.22. The Morgan fingerprint density at radius 3 is 2.95 bits per heavy atom. The van der Waals surface area contributed by atoms with E-state index < -0.39 is 0 Å². The van der Waals surface area contributed by atoms with Gasteiger partial charge in [-0.05, 0) is 13.1 Å². The highest BCUT2D eigenvalue weighted by atomic mass is 16.7. The van der Waals surface area contributed by atoms with Gasteiger partial charge in [-0.2, -0.15) is 0 Å². The number of likely N-dealkylation sites (N-methyl/N-ethyl adjacent to an activating group) is 1. The van der Waals surface area contributed by atoms with Crippen LogP contribution in [0.2, 0.25) is 0 Å². The minimum atomic E-state index is 0.199. The third-order valence-corrected chi connectivity index (χ3v) is 3.60. The minimum Gasteiger partial charge on any atom is -0.507 e. The first-order chi connectivity index (χ1) is 9.72. The maximum Gasteiger partial charge on any atom is 0.231 e. The normalized spacial score (nSPS) is 22.1. The van der Waals surface area contributed by atoms with Crippen molar-refractivity contribution in [2.45, 2.75) is 12.6 Å².